The van der Waals surface area contributed by atoms with Crippen LogP contribution in [-0.2, 0) is 0 Å². The molecule has 0 saturated carbocycles. The Labute approximate surface area is 118 Å². The quantitative estimate of drug-likeness (QED) is 0.907. The smallest absolute Gasteiger partial charge is 0.339 e. The summed E-state index contributed by atoms with van der Waals surface area (Å²) in [7, 11) is 0. The number of carboxylic acids is 1. The molecular formula is C14H9F2N3O2. The predicted molar refractivity (Wildman–Crippen MR) is 70.3 cm³/mol. The molecule has 0 radical (unpaired) electrons. The molecule has 0 aliphatic carbocycles. The molecule has 0 saturated heterocycles. The number of carbonyl (C=O) groups is 1. The number of rotatable bonds is 3. The zero-order valence-electron chi connectivity index (χ0n) is 10.8. The fourth-order valence-electron chi connectivity index (χ4n) is 1.67. The molecule has 0 amide bonds. The number of nitriles is 1. The minimum absolute atomic E-state index is 0.0221. The van der Waals surface area contributed by atoms with E-state index in [4.69, 9.17) is 10.4 Å². The second kappa shape index (κ2) is 5.54. The number of hydrogen-bond donors (Lipinski definition) is 2. The largest absolute Gasteiger partial charge is 0.478 e. The molecule has 0 unspecified atom stereocenters. The number of aryl methyl sites for hydroxylation is 1. The van der Waals surface area contributed by atoms with E-state index in [0.29, 0.717) is 11.6 Å². The predicted octanol–water partition coefficient (Wildman–Crippen LogP) is 2.98. The van der Waals surface area contributed by atoms with Crippen molar-refractivity contribution >= 4 is 17.5 Å². The van der Waals surface area contributed by atoms with Gasteiger partial charge in [-0.1, -0.05) is 6.07 Å². The second-order valence-electron chi connectivity index (χ2n) is 4.24. The lowest BCUT2D eigenvalue weighted by Gasteiger charge is -2.10. The first kappa shape index (κ1) is 14.4. The Morgan fingerprint density at radius 3 is 2.62 bits per heavy atom. The molecule has 2 aromatic rings. The van der Waals surface area contributed by atoms with Crippen molar-refractivity contribution in [1.29, 1.82) is 5.26 Å². The molecule has 0 atom stereocenters. The maximum absolute atomic E-state index is 13.8. The zero-order chi connectivity index (χ0) is 15.6. The van der Waals surface area contributed by atoms with Crippen molar-refractivity contribution in [2.75, 3.05) is 5.32 Å². The van der Waals surface area contributed by atoms with Crippen LogP contribution in [0.25, 0.3) is 0 Å². The fourth-order valence-corrected chi connectivity index (χ4v) is 1.67. The Kier molecular flexibility index (Phi) is 3.80. The molecule has 0 aliphatic heterocycles. The third-order valence-electron chi connectivity index (χ3n) is 2.69. The molecular weight excluding hydrogens is 280 g/mol. The van der Waals surface area contributed by atoms with Gasteiger partial charge in [0, 0.05) is 0 Å². The number of aromatic nitrogens is 1. The van der Waals surface area contributed by atoms with Crippen LogP contribution < -0.4 is 5.32 Å². The van der Waals surface area contributed by atoms with Gasteiger partial charge in [-0.25, -0.2) is 18.6 Å². The van der Waals surface area contributed by atoms with E-state index in [-0.39, 0.29) is 11.5 Å². The summed E-state index contributed by atoms with van der Waals surface area (Å²) in [6.07, 6.45) is 0. The van der Waals surface area contributed by atoms with Crippen molar-refractivity contribution in [2.24, 2.45) is 0 Å². The summed E-state index contributed by atoms with van der Waals surface area (Å²) in [5, 5.41) is 20.2. The van der Waals surface area contributed by atoms with Gasteiger partial charge in [0.05, 0.1) is 5.69 Å². The summed E-state index contributed by atoms with van der Waals surface area (Å²) in [4.78, 5) is 14.7. The van der Waals surface area contributed by atoms with E-state index < -0.39 is 28.9 Å². The van der Waals surface area contributed by atoms with Gasteiger partial charge >= 0.3 is 5.97 Å². The maximum atomic E-state index is 13.8. The van der Waals surface area contributed by atoms with E-state index in [9.17, 15) is 13.6 Å². The van der Waals surface area contributed by atoms with Crippen LogP contribution in [0.2, 0.25) is 0 Å². The third-order valence-corrected chi connectivity index (χ3v) is 2.69. The molecule has 2 rings (SSSR count). The van der Waals surface area contributed by atoms with Gasteiger partial charge in [-0.05, 0) is 30.7 Å². The van der Waals surface area contributed by atoms with Crippen LogP contribution in [0.3, 0.4) is 0 Å². The average molecular weight is 289 g/mol. The van der Waals surface area contributed by atoms with Crippen LogP contribution in [0.1, 0.15) is 21.6 Å². The van der Waals surface area contributed by atoms with Gasteiger partial charge in [-0.3, -0.25) is 0 Å². The van der Waals surface area contributed by atoms with Crippen molar-refractivity contribution in [1.82, 2.24) is 4.98 Å². The minimum Gasteiger partial charge on any atom is -0.478 e. The molecule has 1 aromatic carbocycles. The Balaban J connectivity index is 2.52. The average Bonchev–Trinajstić information content (AvgIpc) is 2.42. The molecule has 21 heavy (non-hydrogen) atoms. The maximum Gasteiger partial charge on any atom is 0.339 e. The summed E-state index contributed by atoms with van der Waals surface area (Å²) in [6, 6.07) is 6.42. The molecule has 0 aliphatic rings. The number of carboxylic acid groups (broad SMARTS) is 1. The highest BCUT2D eigenvalue weighted by Gasteiger charge is 2.18. The van der Waals surface area contributed by atoms with Crippen molar-refractivity contribution in [3.05, 3.63) is 52.7 Å². The highest BCUT2D eigenvalue weighted by atomic mass is 19.1. The number of nitrogens with one attached hydrogen (secondary N) is 1. The first-order valence-corrected chi connectivity index (χ1v) is 5.79. The Morgan fingerprint density at radius 1 is 1.33 bits per heavy atom. The summed E-state index contributed by atoms with van der Waals surface area (Å²) in [5.74, 6) is -3.41. The van der Waals surface area contributed by atoms with Crippen molar-refractivity contribution in [2.45, 2.75) is 6.92 Å². The summed E-state index contributed by atoms with van der Waals surface area (Å²) in [6.45, 7) is 1.69. The number of anilines is 2. The summed E-state index contributed by atoms with van der Waals surface area (Å²) in [5.41, 5.74) is -0.408. The van der Waals surface area contributed by atoms with Gasteiger partial charge in [0.25, 0.3) is 0 Å². The van der Waals surface area contributed by atoms with Gasteiger partial charge < -0.3 is 10.4 Å². The topological polar surface area (TPSA) is 86.0 Å². The number of aromatic carboxylic acids is 1. The minimum atomic E-state index is -1.44. The molecule has 106 valence electrons. The lowest BCUT2D eigenvalue weighted by atomic mass is 10.2. The van der Waals surface area contributed by atoms with E-state index in [1.165, 1.54) is 18.2 Å². The van der Waals surface area contributed by atoms with Crippen molar-refractivity contribution < 1.29 is 18.7 Å². The Hall–Kier alpha value is -3.01. The van der Waals surface area contributed by atoms with Gasteiger partial charge in [0.1, 0.15) is 23.3 Å². The first-order chi connectivity index (χ1) is 9.92. The molecule has 2 N–H and O–H groups in total. The van der Waals surface area contributed by atoms with Gasteiger partial charge in [-0.2, -0.15) is 5.26 Å². The lowest BCUT2D eigenvalue weighted by molar-refractivity contribution is 0.0697. The first-order valence-electron chi connectivity index (χ1n) is 5.79. The lowest BCUT2D eigenvalue weighted by Crippen LogP contribution is -2.08. The molecule has 1 heterocycles. The normalized spacial score (nSPS) is 10.0. The highest BCUT2D eigenvalue weighted by Crippen LogP contribution is 2.24. The van der Waals surface area contributed by atoms with Crippen LogP contribution in [0, 0.1) is 29.9 Å². The van der Waals surface area contributed by atoms with E-state index in [0.717, 1.165) is 0 Å². The Bertz CT molecular complexity index is 770. The molecule has 5 nitrogen and oxygen atoms in total. The van der Waals surface area contributed by atoms with Crippen LogP contribution in [0.15, 0.2) is 24.3 Å². The second-order valence-corrected chi connectivity index (χ2v) is 4.24. The van der Waals surface area contributed by atoms with Crippen molar-refractivity contribution in [3.63, 3.8) is 0 Å². The number of benzene rings is 1. The zero-order valence-corrected chi connectivity index (χ0v) is 10.8. The molecule has 1 aromatic heterocycles. The van der Waals surface area contributed by atoms with Crippen LogP contribution in [0.5, 0.6) is 0 Å². The molecule has 7 heteroatoms. The van der Waals surface area contributed by atoms with E-state index in [1.54, 1.807) is 13.0 Å². The molecule has 0 spiro atoms. The van der Waals surface area contributed by atoms with Crippen LogP contribution >= 0.6 is 0 Å². The summed E-state index contributed by atoms with van der Waals surface area (Å²) >= 11 is 0. The van der Waals surface area contributed by atoms with Gasteiger partial charge in [0.15, 0.2) is 11.5 Å². The monoisotopic (exact) mass is 289 g/mol. The number of pyridine rings is 1. The highest BCUT2D eigenvalue weighted by molar-refractivity contribution is 5.94. The summed E-state index contributed by atoms with van der Waals surface area (Å²) < 4.78 is 27.2. The van der Waals surface area contributed by atoms with Gasteiger partial charge in [-0.15, -0.1) is 0 Å². The van der Waals surface area contributed by atoms with E-state index >= 15 is 0 Å². The number of halogens is 2. The standard InChI is InChI=1S/C14H9F2N3O2/c1-7-2-3-11(9(15)4-7)18-13-8(14(20)21)5-10(16)12(6-17)19-13/h2-5H,1H3,(H,18,19)(H,20,21). The molecule has 0 fully saturated rings. The third kappa shape index (κ3) is 2.95. The van der Waals surface area contributed by atoms with Crippen molar-refractivity contribution in [3.8, 4) is 6.07 Å². The number of nitrogens with zero attached hydrogens (tertiary/aromatic N) is 2. The molecule has 0 bridgehead atoms. The fraction of sp³-hybridized carbons (Fsp3) is 0.0714. The Morgan fingerprint density at radius 2 is 2.05 bits per heavy atom. The van der Waals surface area contributed by atoms with E-state index in [1.807, 2.05) is 0 Å². The number of hydrogen-bond acceptors (Lipinski definition) is 4. The van der Waals surface area contributed by atoms with E-state index in [2.05, 4.69) is 10.3 Å². The SMILES string of the molecule is Cc1ccc(Nc2nc(C#N)c(F)cc2C(=O)O)c(F)c1. The van der Waals surface area contributed by atoms with Gasteiger partial charge in [0.2, 0.25) is 0 Å². The van der Waals surface area contributed by atoms with Crippen LogP contribution in [0.4, 0.5) is 20.3 Å². The van der Waals surface area contributed by atoms with Crippen LogP contribution in [-0.4, -0.2) is 16.1 Å².